The van der Waals surface area contributed by atoms with Crippen LogP contribution in [0.5, 0.6) is 0 Å². The summed E-state index contributed by atoms with van der Waals surface area (Å²) < 4.78 is 9.93. The summed E-state index contributed by atoms with van der Waals surface area (Å²) in [5, 5.41) is 54.9. The Morgan fingerprint density at radius 3 is 2.24 bits per heavy atom. The topological polar surface area (TPSA) is 140 Å². The van der Waals surface area contributed by atoms with Crippen molar-refractivity contribution in [1.29, 1.82) is 0 Å². The van der Waals surface area contributed by atoms with Crippen LogP contribution in [-0.2, 0) is 9.47 Å². The Kier molecular flexibility index (Phi) is 5.70. The summed E-state index contributed by atoms with van der Waals surface area (Å²) in [4.78, 5) is 0. The van der Waals surface area contributed by atoms with E-state index in [2.05, 4.69) is 0 Å². The number of hydrogen-bond acceptors (Lipinski definition) is 8. The maximum Gasteiger partial charge on any atom is 0.186 e. The quantitative estimate of drug-likeness (QED) is 0.293. The lowest BCUT2D eigenvalue weighted by atomic mass is 9.99. The van der Waals surface area contributed by atoms with Gasteiger partial charge in [0.2, 0.25) is 0 Å². The van der Waals surface area contributed by atoms with Crippen molar-refractivity contribution >= 4 is 0 Å². The van der Waals surface area contributed by atoms with E-state index in [9.17, 15) is 15.3 Å². The fourth-order valence-electron chi connectivity index (χ4n) is 1.46. The molecule has 102 valence electrons. The molecular weight excluding hydrogens is 236 g/mol. The molecule has 0 unspecified atom stereocenters. The summed E-state index contributed by atoms with van der Waals surface area (Å²) in [5.74, 6) is 0. The maximum atomic E-state index is 9.52. The van der Waals surface area contributed by atoms with Crippen LogP contribution < -0.4 is 0 Å². The zero-order chi connectivity index (χ0) is 13.0. The van der Waals surface area contributed by atoms with Crippen molar-refractivity contribution in [3.05, 3.63) is 0 Å². The zero-order valence-corrected chi connectivity index (χ0v) is 9.09. The lowest BCUT2D eigenvalue weighted by Gasteiger charge is -2.39. The van der Waals surface area contributed by atoms with Crippen molar-refractivity contribution in [2.75, 3.05) is 19.8 Å². The largest absolute Gasteiger partial charge is 0.394 e. The van der Waals surface area contributed by atoms with E-state index in [4.69, 9.17) is 24.8 Å². The fraction of sp³-hybridized carbons (Fsp3) is 1.00. The summed E-state index contributed by atoms with van der Waals surface area (Å²) in [7, 11) is 0. The van der Waals surface area contributed by atoms with Crippen molar-refractivity contribution in [3.8, 4) is 0 Å². The average Bonchev–Trinajstić information content (AvgIpc) is 2.34. The Morgan fingerprint density at radius 1 is 1.06 bits per heavy atom. The second kappa shape index (κ2) is 6.57. The molecule has 0 radical (unpaired) electrons. The van der Waals surface area contributed by atoms with E-state index < -0.39 is 50.0 Å². The highest BCUT2D eigenvalue weighted by molar-refractivity contribution is 4.88. The van der Waals surface area contributed by atoms with E-state index in [1.807, 2.05) is 0 Å². The second-order valence-electron chi connectivity index (χ2n) is 3.87. The molecule has 0 spiro atoms. The van der Waals surface area contributed by atoms with Crippen LogP contribution >= 0.6 is 0 Å². The van der Waals surface area contributed by atoms with Gasteiger partial charge in [-0.25, -0.2) is 0 Å². The van der Waals surface area contributed by atoms with Crippen molar-refractivity contribution in [2.45, 2.75) is 36.8 Å². The first kappa shape index (κ1) is 14.7. The van der Waals surface area contributed by atoms with Gasteiger partial charge in [0.05, 0.1) is 19.8 Å². The summed E-state index contributed by atoms with van der Waals surface area (Å²) in [6.45, 7) is -1.37. The van der Waals surface area contributed by atoms with E-state index in [0.29, 0.717) is 0 Å². The van der Waals surface area contributed by atoms with Crippen LogP contribution in [0.3, 0.4) is 0 Å². The molecule has 8 heteroatoms. The smallest absolute Gasteiger partial charge is 0.186 e. The van der Waals surface area contributed by atoms with Crippen LogP contribution in [0.1, 0.15) is 0 Å². The molecule has 6 N–H and O–H groups in total. The highest BCUT2D eigenvalue weighted by Gasteiger charge is 2.44. The summed E-state index contributed by atoms with van der Waals surface area (Å²) in [6, 6.07) is 0. The van der Waals surface area contributed by atoms with E-state index >= 15 is 0 Å². The third kappa shape index (κ3) is 3.57. The molecular formula is C9H18O8. The molecule has 1 heterocycles. The van der Waals surface area contributed by atoms with Gasteiger partial charge in [-0.2, -0.15) is 0 Å². The highest BCUT2D eigenvalue weighted by Crippen LogP contribution is 2.21. The third-order valence-electron chi connectivity index (χ3n) is 2.51. The maximum absolute atomic E-state index is 9.52. The zero-order valence-electron chi connectivity index (χ0n) is 9.09. The van der Waals surface area contributed by atoms with E-state index in [1.165, 1.54) is 0 Å². The second-order valence-corrected chi connectivity index (χ2v) is 3.87. The monoisotopic (exact) mass is 254 g/mol. The molecule has 1 saturated heterocycles. The first-order valence-corrected chi connectivity index (χ1v) is 5.22. The van der Waals surface area contributed by atoms with Gasteiger partial charge in [0.1, 0.15) is 30.5 Å². The normalized spacial score (nSPS) is 40.2. The number of hydrogen-bond donors (Lipinski definition) is 6. The van der Waals surface area contributed by atoms with Gasteiger partial charge in [-0.15, -0.1) is 0 Å². The molecule has 0 aliphatic carbocycles. The molecule has 6 atom stereocenters. The van der Waals surface area contributed by atoms with Crippen LogP contribution in [-0.4, -0.2) is 87.3 Å². The lowest BCUT2D eigenvalue weighted by Crippen LogP contribution is -2.59. The molecule has 0 bridgehead atoms. The summed E-state index contributed by atoms with van der Waals surface area (Å²) in [5.41, 5.74) is 0. The van der Waals surface area contributed by atoms with Gasteiger partial charge in [0.25, 0.3) is 0 Å². The Bertz CT molecular complexity index is 223. The molecule has 0 amide bonds. The molecule has 0 aromatic rings. The van der Waals surface area contributed by atoms with Crippen LogP contribution in [0.25, 0.3) is 0 Å². The average molecular weight is 254 g/mol. The Hall–Kier alpha value is -0.320. The van der Waals surface area contributed by atoms with Crippen molar-refractivity contribution in [1.82, 2.24) is 0 Å². The molecule has 0 aromatic carbocycles. The van der Waals surface area contributed by atoms with Crippen LogP contribution in [0, 0.1) is 0 Å². The van der Waals surface area contributed by atoms with Crippen LogP contribution in [0.15, 0.2) is 0 Å². The van der Waals surface area contributed by atoms with Gasteiger partial charge < -0.3 is 40.1 Å². The Labute approximate surface area is 97.6 Å². The van der Waals surface area contributed by atoms with Crippen molar-refractivity contribution in [2.24, 2.45) is 0 Å². The van der Waals surface area contributed by atoms with Crippen molar-refractivity contribution in [3.63, 3.8) is 0 Å². The minimum atomic E-state index is -1.52. The lowest BCUT2D eigenvalue weighted by molar-refractivity contribution is -0.304. The van der Waals surface area contributed by atoms with Gasteiger partial charge in [-0.3, -0.25) is 0 Å². The Morgan fingerprint density at radius 2 is 1.71 bits per heavy atom. The van der Waals surface area contributed by atoms with E-state index in [1.54, 1.807) is 0 Å². The molecule has 1 aliphatic rings. The molecule has 0 aromatic heterocycles. The molecule has 1 rings (SSSR count). The predicted octanol–water partition coefficient (Wildman–Crippen LogP) is -3.84. The van der Waals surface area contributed by atoms with Gasteiger partial charge in [-0.05, 0) is 0 Å². The number of aliphatic hydroxyl groups is 6. The van der Waals surface area contributed by atoms with E-state index in [-0.39, 0.29) is 6.61 Å². The fourth-order valence-corrected chi connectivity index (χ4v) is 1.46. The molecule has 1 aliphatic heterocycles. The molecule has 17 heavy (non-hydrogen) atoms. The Balaban J connectivity index is 2.53. The van der Waals surface area contributed by atoms with Crippen LogP contribution in [0.2, 0.25) is 0 Å². The van der Waals surface area contributed by atoms with Gasteiger partial charge >= 0.3 is 0 Å². The van der Waals surface area contributed by atoms with E-state index in [0.717, 1.165) is 0 Å². The minimum absolute atomic E-state index is 0.306. The summed E-state index contributed by atoms with van der Waals surface area (Å²) >= 11 is 0. The summed E-state index contributed by atoms with van der Waals surface area (Å²) in [6.07, 6.45) is -7.94. The first-order chi connectivity index (χ1) is 8.01. The van der Waals surface area contributed by atoms with Gasteiger partial charge in [-0.1, -0.05) is 0 Å². The SMILES string of the molecule is OC[C@@H](O)CO[C@@H]1O[C@H](CO)[C@@H](O)[C@H](O)[C@H]1O. The van der Waals surface area contributed by atoms with Crippen molar-refractivity contribution < 1.29 is 40.1 Å². The highest BCUT2D eigenvalue weighted by atomic mass is 16.7. The first-order valence-electron chi connectivity index (χ1n) is 5.22. The third-order valence-corrected chi connectivity index (χ3v) is 2.51. The number of ether oxygens (including phenoxy) is 2. The predicted molar refractivity (Wildman–Crippen MR) is 52.8 cm³/mol. The molecule has 1 fully saturated rings. The number of aliphatic hydroxyl groups excluding tert-OH is 6. The standard InChI is InChI=1S/C9H18O8/c10-1-4(12)3-16-9-8(15)7(14)6(13)5(2-11)17-9/h4-15H,1-3H2/t4-,5-,6-,7+,8-,9-/m1/s1. The van der Waals surface area contributed by atoms with Crippen LogP contribution in [0.4, 0.5) is 0 Å². The molecule has 0 saturated carbocycles. The number of rotatable bonds is 5. The molecule has 8 nitrogen and oxygen atoms in total. The van der Waals surface area contributed by atoms with Gasteiger partial charge in [0.15, 0.2) is 6.29 Å². The van der Waals surface area contributed by atoms with Gasteiger partial charge in [0, 0.05) is 0 Å². The minimum Gasteiger partial charge on any atom is -0.394 e.